The van der Waals surface area contributed by atoms with Crippen molar-refractivity contribution in [1.82, 2.24) is 5.32 Å². The molecule has 0 aliphatic carbocycles. The zero-order valence-electron chi connectivity index (χ0n) is 28.0. The summed E-state index contributed by atoms with van der Waals surface area (Å²) >= 11 is 0. The standard InChI is InChI=1S/C41H38FN5O4/c42-36-13-6-8-29(26-36)22-23-44-40(49)41(27-34-11-4-5-12-35(34)28-45-47-43)38(32-16-14-31(15-17-32)30-9-2-1-3-10-30)51-39(46-41)33-18-20-37(21-19-33)50-25-7-24-48/h1-6,8-21,26,38,48H,7,22-25,27-28H2,(H,44,49)/t38-,41-/m1/s1. The number of ether oxygens (including phenoxy) is 2. The van der Waals surface area contributed by atoms with Gasteiger partial charge in [-0.05, 0) is 81.7 Å². The Kier molecular flexibility index (Phi) is 11.4. The van der Waals surface area contributed by atoms with Gasteiger partial charge in [-0.25, -0.2) is 9.38 Å². The molecule has 1 aliphatic rings. The number of aliphatic imine (C=N–C) groups is 1. The van der Waals surface area contributed by atoms with Crippen molar-refractivity contribution in [1.29, 1.82) is 0 Å². The Morgan fingerprint density at radius 3 is 2.33 bits per heavy atom. The fraction of sp³-hybridized carbons (Fsp3) is 0.220. The lowest BCUT2D eigenvalue weighted by molar-refractivity contribution is -0.128. The molecule has 258 valence electrons. The van der Waals surface area contributed by atoms with E-state index in [0.29, 0.717) is 36.7 Å². The summed E-state index contributed by atoms with van der Waals surface area (Å²) in [4.78, 5) is 22.8. The van der Waals surface area contributed by atoms with Gasteiger partial charge in [-0.1, -0.05) is 96.1 Å². The lowest BCUT2D eigenvalue weighted by atomic mass is 9.80. The first-order valence-electron chi connectivity index (χ1n) is 16.9. The van der Waals surface area contributed by atoms with Crippen LogP contribution in [0.4, 0.5) is 4.39 Å². The van der Waals surface area contributed by atoms with E-state index in [4.69, 9.17) is 25.1 Å². The van der Waals surface area contributed by atoms with Crippen LogP contribution in [0, 0.1) is 5.82 Å². The van der Waals surface area contributed by atoms with Crippen molar-refractivity contribution in [2.24, 2.45) is 10.1 Å². The summed E-state index contributed by atoms with van der Waals surface area (Å²) in [5.74, 6) is 0.233. The van der Waals surface area contributed by atoms with Crippen molar-refractivity contribution in [3.8, 4) is 16.9 Å². The van der Waals surface area contributed by atoms with Crippen LogP contribution >= 0.6 is 0 Å². The van der Waals surface area contributed by atoms with Crippen LogP contribution < -0.4 is 10.1 Å². The van der Waals surface area contributed by atoms with Crippen molar-refractivity contribution in [3.63, 3.8) is 0 Å². The zero-order valence-corrected chi connectivity index (χ0v) is 28.0. The molecule has 1 amide bonds. The Morgan fingerprint density at radius 2 is 1.61 bits per heavy atom. The number of carbonyl (C=O) groups excluding carboxylic acids is 1. The largest absolute Gasteiger partial charge is 0.494 e. The van der Waals surface area contributed by atoms with Crippen LogP contribution in [0.5, 0.6) is 5.75 Å². The van der Waals surface area contributed by atoms with Gasteiger partial charge < -0.3 is 19.9 Å². The quantitative estimate of drug-likeness (QED) is 0.0503. The third kappa shape index (κ3) is 8.44. The fourth-order valence-corrected chi connectivity index (χ4v) is 6.21. The summed E-state index contributed by atoms with van der Waals surface area (Å²) in [5, 5.41) is 16.0. The molecule has 0 fully saturated rings. The number of carbonyl (C=O) groups is 1. The van der Waals surface area contributed by atoms with Gasteiger partial charge >= 0.3 is 0 Å². The topological polar surface area (TPSA) is 129 Å². The number of nitrogens with zero attached hydrogens (tertiary/aromatic N) is 4. The van der Waals surface area contributed by atoms with Gasteiger partial charge in [-0.3, -0.25) is 4.79 Å². The number of hydrogen-bond acceptors (Lipinski definition) is 6. The Bertz CT molecular complexity index is 2010. The molecule has 6 rings (SSSR count). The van der Waals surface area contributed by atoms with Gasteiger partial charge in [-0.15, -0.1) is 0 Å². The van der Waals surface area contributed by atoms with Gasteiger partial charge in [0.05, 0.1) is 13.2 Å². The van der Waals surface area contributed by atoms with E-state index in [0.717, 1.165) is 33.4 Å². The number of hydrogen-bond donors (Lipinski definition) is 2. The predicted molar refractivity (Wildman–Crippen MR) is 195 cm³/mol. The van der Waals surface area contributed by atoms with Gasteiger partial charge in [-0.2, -0.15) is 0 Å². The molecule has 0 radical (unpaired) electrons. The first-order valence-corrected chi connectivity index (χ1v) is 16.9. The summed E-state index contributed by atoms with van der Waals surface area (Å²) < 4.78 is 26.4. The van der Waals surface area contributed by atoms with E-state index in [2.05, 4.69) is 15.3 Å². The maximum atomic E-state index is 14.7. The van der Waals surface area contributed by atoms with E-state index in [9.17, 15) is 9.18 Å². The maximum Gasteiger partial charge on any atom is 0.252 e. The second-order valence-corrected chi connectivity index (χ2v) is 12.2. The van der Waals surface area contributed by atoms with Crippen LogP contribution in [-0.2, 0) is 28.9 Å². The van der Waals surface area contributed by atoms with Gasteiger partial charge in [0.1, 0.15) is 11.6 Å². The molecule has 0 unspecified atom stereocenters. The van der Waals surface area contributed by atoms with E-state index >= 15 is 0 Å². The van der Waals surface area contributed by atoms with Crippen LogP contribution in [0.2, 0.25) is 0 Å². The van der Waals surface area contributed by atoms with Gasteiger partial charge in [0.25, 0.3) is 5.91 Å². The van der Waals surface area contributed by atoms with Crippen LogP contribution in [-0.4, -0.2) is 42.2 Å². The molecule has 10 heteroatoms. The summed E-state index contributed by atoms with van der Waals surface area (Å²) in [5.41, 5.74) is 13.4. The third-order valence-corrected chi connectivity index (χ3v) is 8.82. The third-order valence-electron chi connectivity index (χ3n) is 8.82. The molecule has 5 aromatic rings. The SMILES string of the molecule is [N-]=[N+]=NCc1ccccc1C[C@@]1(C(=O)NCCc2cccc(F)c2)N=C(c2ccc(OCCCO)cc2)O[C@@H]1c1ccc(-c2ccccc2)cc1. The Labute approximate surface area is 296 Å². The molecule has 51 heavy (non-hydrogen) atoms. The molecule has 0 spiro atoms. The van der Waals surface area contributed by atoms with Crippen molar-refractivity contribution in [2.75, 3.05) is 19.8 Å². The lowest BCUT2D eigenvalue weighted by Crippen LogP contribution is -2.50. The first kappa shape index (κ1) is 34.9. The molecular formula is C41H38FN5O4. The minimum absolute atomic E-state index is 0.0365. The molecule has 2 atom stereocenters. The highest BCUT2D eigenvalue weighted by molar-refractivity contribution is 6.01. The van der Waals surface area contributed by atoms with Crippen LogP contribution in [0.1, 0.15) is 40.3 Å². The van der Waals surface area contributed by atoms with Crippen molar-refractivity contribution >= 4 is 11.8 Å². The smallest absolute Gasteiger partial charge is 0.252 e. The second kappa shape index (κ2) is 16.6. The maximum absolute atomic E-state index is 14.7. The van der Waals surface area contributed by atoms with Crippen molar-refractivity contribution in [3.05, 3.63) is 171 Å². The molecule has 0 saturated heterocycles. The number of aliphatic hydroxyl groups is 1. The molecule has 1 aliphatic heterocycles. The zero-order chi connectivity index (χ0) is 35.5. The van der Waals surface area contributed by atoms with Gasteiger partial charge in [0.15, 0.2) is 11.6 Å². The Hall–Kier alpha value is -5.96. The molecule has 5 aromatic carbocycles. The number of azide groups is 1. The molecule has 2 N–H and O–H groups in total. The minimum Gasteiger partial charge on any atom is -0.494 e. The number of amides is 1. The molecular weight excluding hydrogens is 645 g/mol. The summed E-state index contributed by atoms with van der Waals surface area (Å²) in [7, 11) is 0. The number of aliphatic hydroxyl groups excluding tert-OH is 1. The van der Waals surface area contributed by atoms with Crippen molar-refractivity contribution < 1.29 is 23.8 Å². The monoisotopic (exact) mass is 683 g/mol. The van der Waals surface area contributed by atoms with E-state index in [1.165, 1.54) is 12.1 Å². The Morgan fingerprint density at radius 1 is 0.902 bits per heavy atom. The molecule has 0 bridgehead atoms. The van der Waals surface area contributed by atoms with Crippen LogP contribution in [0.3, 0.4) is 0 Å². The highest BCUT2D eigenvalue weighted by Crippen LogP contribution is 2.43. The van der Waals surface area contributed by atoms with Gasteiger partial charge in [0.2, 0.25) is 5.90 Å². The normalized spacial score (nSPS) is 16.4. The van der Waals surface area contributed by atoms with E-state index in [1.54, 1.807) is 18.2 Å². The van der Waals surface area contributed by atoms with Crippen LogP contribution in [0.25, 0.3) is 21.6 Å². The molecule has 9 nitrogen and oxygen atoms in total. The number of benzene rings is 5. The predicted octanol–water partition coefficient (Wildman–Crippen LogP) is 7.92. The lowest BCUT2D eigenvalue weighted by Gasteiger charge is -2.31. The number of halogens is 1. The first-order chi connectivity index (χ1) is 25.0. The van der Waals surface area contributed by atoms with Gasteiger partial charge in [0, 0.05) is 36.5 Å². The highest BCUT2D eigenvalue weighted by Gasteiger charge is 2.53. The summed E-state index contributed by atoms with van der Waals surface area (Å²) in [6.07, 6.45) is 0.241. The number of rotatable bonds is 15. The van der Waals surface area contributed by atoms with E-state index < -0.39 is 11.6 Å². The minimum atomic E-state index is -1.48. The van der Waals surface area contributed by atoms with Crippen molar-refractivity contribution in [2.45, 2.75) is 37.5 Å². The highest BCUT2D eigenvalue weighted by atomic mass is 19.1. The van der Waals surface area contributed by atoms with Crippen LogP contribution in [0.15, 0.2) is 138 Å². The Balaban J connectivity index is 1.41. The van der Waals surface area contributed by atoms with E-state index in [-0.39, 0.29) is 37.8 Å². The molecule has 0 aromatic heterocycles. The number of nitrogens with one attached hydrogen (secondary N) is 1. The average molecular weight is 684 g/mol. The molecule has 1 heterocycles. The fourth-order valence-electron chi connectivity index (χ4n) is 6.21. The second-order valence-electron chi connectivity index (χ2n) is 12.2. The van der Waals surface area contributed by atoms with E-state index in [1.807, 2.05) is 97.1 Å². The average Bonchev–Trinajstić information content (AvgIpc) is 3.55. The summed E-state index contributed by atoms with van der Waals surface area (Å²) in [6.45, 7) is 0.766. The summed E-state index contributed by atoms with van der Waals surface area (Å²) in [6, 6.07) is 39.1. The molecule has 0 saturated carbocycles.